The second-order valence-electron chi connectivity index (χ2n) is 11.8. The molecule has 1 spiro atoms. The predicted octanol–water partition coefficient (Wildman–Crippen LogP) is 9.62. The summed E-state index contributed by atoms with van der Waals surface area (Å²) in [6.45, 7) is 2.26. The predicted molar refractivity (Wildman–Crippen MR) is 172 cm³/mol. The maximum Gasteiger partial charge on any atom is 0.161 e. The fraction of sp³-hybridized carbons (Fsp3) is 0.100. The minimum absolute atomic E-state index is 0.375. The molecule has 0 N–H and O–H groups in total. The molecule has 1 atom stereocenters. The van der Waals surface area contributed by atoms with Gasteiger partial charge in [-0.15, -0.1) is 0 Å². The van der Waals surface area contributed by atoms with Crippen LogP contribution >= 0.6 is 0 Å². The van der Waals surface area contributed by atoms with Crippen molar-refractivity contribution in [2.24, 2.45) is 5.92 Å². The first-order valence-electron chi connectivity index (χ1n) is 14.8. The minimum Gasteiger partial charge on any atom is -0.228 e. The van der Waals surface area contributed by atoms with Crippen LogP contribution in [-0.2, 0) is 5.41 Å². The first-order valence-corrected chi connectivity index (χ1v) is 14.8. The average molecular weight is 537 g/mol. The number of para-hydroxylation sites is 1. The van der Waals surface area contributed by atoms with E-state index in [9.17, 15) is 0 Å². The molecule has 1 aromatic heterocycles. The van der Waals surface area contributed by atoms with Gasteiger partial charge in [-0.05, 0) is 68.5 Å². The molecule has 2 heteroatoms. The lowest BCUT2D eigenvalue weighted by Gasteiger charge is -2.30. The van der Waals surface area contributed by atoms with Gasteiger partial charge in [0.25, 0.3) is 0 Å². The molecule has 3 aliphatic rings. The maximum absolute atomic E-state index is 5.34. The van der Waals surface area contributed by atoms with Crippen molar-refractivity contribution in [3.05, 3.63) is 161 Å². The van der Waals surface area contributed by atoms with Crippen LogP contribution in [0.1, 0.15) is 41.3 Å². The summed E-state index contributed by atoms with van der Waals surface area (Å²) in [5.41, 5.74) is 14.3. The average Bonchev–Trinajstić information content (AvgIpc) is 3.52. The summed E-state index contributed by atoms with van der Waals surface area (Å²) in [5.74, 6) is 1.32. The molecule has 2 nitrogen and oxygen atoms in total. The first-order chi connectivity index (χ1) is 20.7. The highest BCUT2D eigenvalue weighted by Gasteiger charge is 2.52. The molecule has 0 aliphatic heterocycles. The van der Waals surface area contributed by atoms with Crippen LogP contribution in [0.4, 0.5) is 0 Å². The van der Waals surface area contributed by atoms with E-state index in [0.29, 0.717) is 5.92 Å². The molecule has 42 heavy (non-hydrogen) atoms. The van der Waals surface area contributed by atoms with Crippen molar-refractivity contribution in [2.75, 3.05) is 0 Å². The monoisotopic (exact) mass is 536 g/mol. The van der Waals surface area contributed by atoms with Gasteiger partial charge in [0.1, 0.15) is 0 Å². The van der Waals surface area contributed by atoms with E-state index in [1.54, 1.807) is 0 Å². The summed E-state index contributed by atoms with van der Waals surface area (Å²) in [5, 5.41) is 1.09. The Morgan fingerprint density at radius 1 is 0.595 bits per heavy atom. The molecule has 198 valence electrons. The lowest BCUT2D eigenvalue weighted by atomic mass is 9.70. The quantitative estimate of drug-likeness (QED) is 0.220. The van der Waals surface area contributed by atoms with Gasteiger partial charge in [-0.3, -0.25) is 0 Å². The molecule has 9 rings (SSSR count). The SMILES string of the molecule is CC1C=CC(c2nc(-c3cccc4c3-c3ccccc3C43c4ccccc4-c4ccccc43)nc3ccccc23)=CC1. The van der Waals surface area contributed by atoms with Crippen molar-refractivity contribution in [1.82, 2.24) is 9.97 Å². The second-order valence-corrected chi connectivity index (χ2v) is 11.8. The third kappa shape index (κ3) is 3.04. The zero-order valence-corrected chi connectivity index (χ0v) is 23.4. The molecule has 3 aliphatic carbocycles. The van der Waals surface area contributed by atoms with Crippen molar-refractivity contribution in [3.8, 4) is 33.6 Å². The van der Waals surface area contributed by atoms with Crippen LogP contribution in [0.3, 0.4) is 0 Å². The topological polar surface area (TPSA) is 25.8 Å². The maximum atomic E-state index is 5.34. The third-order valence-electron chi connectivity index (χ3n) is 9.45. The Bertz CT molecular complexity index is 2100. The zero-order chi connectivity index (χ0) is 27.8. The molecule has 0 bridgehead atoms. The minimum atomic E-state index is -0.375. The number of allylic oxidation sites excluding steroid dienone is 4. The molecule has 0 amide bonds. The van der Waals surface area contributed by atoms with Crippen LogP contribution in [-0.4, -0.2) is 9.97 Å². The molecule has 1 unspecified atom stereocenters. The van der Waals surface area contributed by atoms with E-state index < -0.39 is 0 Å². The number of hydrogen-bond acceptors (Lipinski definition) is 2. The number of hydrogen-bond donors (Lipinski definition) is 0. The first kappa shape index (κ1) is 23.6. The highest BCUT2D eigenvalue weighted by Crippen LogP contribution is 2.63. The number of fused-ring (bicyclic) bond motifs is 11. The van der Waals surface area contributed by atoms with Crippen LogP contribution in [0, 0.1) is 5.92 Å². The van der Waals surface area contributed by atoms with Gasteiger partial charge in [0.15, 0.2) is 5.82 Å². The number of aromatic nitrogens is 2. The van der Waals surface area contributed by atoms with Crippen LogP contribution < -0.4 is 0 Å². The molecule has 0 saturated carbocycles. The van der Waals surface area contributed by atoms with Crippen LogP contribution in [0.5, 0.6) is 0 Å². The molecule has 0 saturated heterocycles. The normalized spacial score (nSPS) is 17.1. The Balaban J connectivity index is 1.36. The van der Waals surface area contributed by atoms with Gasteiger partial charge in [-0.2, -0.15) is 0 Å². The fourth-order valence-electron chi connectivity index (χ4n) is 7.65. The van der Waals surface area contributed by atoms with E-state index in [1.807, 2.05) is 0 Å². The van der Waals surface area contributed by atoms with Crippen molar-refractivity contribution in [2.45, 2.75) is 18.8 Å². The summed E-state index contributed by atoms with van der Waals surface area (Å²) in [7, 11) is 0. The van der Waals surface area contributed by atoms with Gasteiger partial charge in [-0.25, -0.2) is 9.97 Å². The van der Waals surface area contributed by atoms with E-state index in [1.165, 1.54) is 50.1 Å². The highest BCUT2D eigenvalue weighted by molar-refractivity contribution is 6.00. The Morgan fingerprint density at radius 2 is 1.19 bits per heavy atom. The van der Waals surface area contributed by atoms with Crippen molar-refractivity contribution < 1.29 is 0 Å². The fourth-order valence-corrected chi connectivity index (χ4v) is 7.65. The lowest BCUT2D eigenvalue weighted by Crippen LogP contribution is -2.25. The standard InChI is InChI=1S/C40H28N2/c1-25-21-23-26(24-22-25)38-30-14-5-9-20-36(30)41-39(42-38)31-15-10-19-35-37(31)29-13-4-8-18-34(29)40(35)32-16-6-2-11-27(32)28-12-3-7-17-33(28)40/h2-21,23-25H,22H2,1H3. The summed E-state index contributed by atoms with van der Waals surface area (Å²) < 4.78 is 0. The van der Waals surface area contributed by atoms with E-state index in [-0.39, 0.29) is 5.41 Å². The van der Waals surface area contributed by atoms with Crippen molar-refractivity contribution >= 4 is 16.5 Å². The number of nitrogens with zero attached hydrogens (tertiary/aromatic N) is 2. The largest absolute Gasteiger partial charge is 0.228 e. The number of rotatable bonds is 2. The van der Waals surface area contributed by atoms with Gasteiger partial charge in [0.05, 0.1) is 16.6 Å². The zero-order valence-electron chi connectivity index (χ0n) is 23.4. The van der Waals surface area contributed by atoms with E-state index in [4.69, 9.17) is 9.97 Å². The smallest absolute Gasteiger partial charge is 0.161 e. The van der Waals surface area contributed by atoms with Crippen LogP contribution in [0.2, 0.25) is 0 Å². The highest BCUT2D eigenvalue weighted by atomic mass is 14.9. The third-order valence-corrected chi connectivity index (χ3v) is 9.45. The molecule has 0 radical (unpaired) electrons. The van der Waals surface area contributed by atoms with Gasteiger partial charge in [0.2, 0.25) is 0 Å². The molecular formula is C40H28N2. The number of benzene rings is 5. The lowest BCUT2D eigenvalue weighted by molar-refractivity contribution is 0.739. The Labute approximate surface area is 245 Å². The Kier molecular flexibility index (Phi) is 4.90. The van der Waals surface area contributed by atoms with Gasteiger partial charge < -0.3 is 0 Å². The molecular weight excluding hydrogens is 508 g/mol. The molecule has 5 aromatic carbocycles. The van der Waals surface area contributed by atoms with E-state index in [2.05, 4.69) is 140 Å². The van der Waals surface area contributed by atoms with Crippen molar-refractivity contribution in [3.63, 3.8) is 0 Å². The van der Waals surface area contributed by atoms with Gasteiger partial charge in [-0.1, -0.05) is 134 Å². The summed E-state index contributed by atoms with van der Waals surface area (Å²) in [6, 6.07) is 42.0. The second kappa shape index (κ2) is 8.71. The Morgan fingerprint density at radius 3 is 1.90 bits per heavy atom. The van der Waals surface area contributed by atoms with Gasteiger partial charge in [0, 0.05) is 10.9 Å². The summed E-state index contributed by atoms with van der Waals surface area (Å²) >= 11 is 0. The Hall–Kier alpha value is -5.08. The van der Waals surface area contributed by atoms with Crippen LogP contribution in [0.15, 0.2) is 133 Å². The molecule has 1 heterocycles. The summed E-state index contributed by atoms with van der Waals surface area (Å²) in [4.78, 5) is 10.6. The van der Waals surface area contributed by atoms with E-state index in [0.717, 1.165) is 34.4 Å². The van der Waals surface area contributed by atoms with Crippen LogP contribution in [0.25, 0.3) is 50.1 Å². The van der Waals surface area contributed by atoms with E-state index >= 15 is 0 Å². The molecule has 6 aromatic rings. The summed E-state index contributed by atoms with van der Waals surface area (Å²) in [6.07, 6.45) is 7.88. The molecule has 0 fully saturated rings. The van der Waals surface area contributed by atoms with Gasteiger partial charge >= 0.3 is 0 Å². The van der Waals surface area contributed by atoms with Crippen molar-refractivity contribution in [1.29, 1.82) is 0 Å².